The molecule has 1 fully saturated rings. The summed E-state index contributed by atoms with van der Waals surface area (Å²) in [4.78, 5) is 4.08. The summed E-state index contributed by atoms with van der Waals surface area (Å²) in [5, 5.41) is 3.87. The second kappa shape index (κ2) is 5.01. The Kier molecular flexibility index (Phi) is 3.21. The molecule has 1 aromatic carbocycles. The van der Waals surface area contributed by atoms with E-state index in [2.05, 4.69) is 23.1 Å². The van der Waals surface area contributed by atoms with Crippen LogP contribution in [0, 0.1) is 6.92 Å². The third-order valence-electron chi connectivity index (χ3n) is 3.17. The van der Waals surface area contributed by atoms with E-state index in [1.165, 1.54) is 6.39 Å². The van der Waals surface area contributed by atoms with Gasteiger partial charge in [-0.05, 0) is 36.6 Å². The average Bonchev–Trinajstić information content (AvgIpc) is 3.08. The van der Waals surface area contributed by atoms with Crippen molar-refractivity contribution in [1.29, 1.82) is 0 Å². The largest absolute Gasteiger partial charge is 0.490 e. The number of hydrogen-bond donors (Lipinski definition) is 0. The molecule has 1 saturated heterocycles. The minimum Gasteiger partial charge on any atom is -0.490 e. The Labute approximate surface area is 111 Å². The van der Waals surface area contributed by atoms with E-state index in [0.717, 1.165) is 35.5 Å². The van der Waals surface area contributed by atoms with Gasteiger partial charge in [0.1, 0.15) is 18.5 Å². The summed E-state index contributed by atoms with van der Waals surface area (Å²) >= 11 is 0. The first kappa shape index (κ1) is 12.2. The lowest BCUT2D eigenvalue weighted by Gasteiger charge is -2.14. The van der Waals surface area contributed by atoms with Gasteiger partial charge in [0.15, 0.2) is 0 Å². The van der Waals surface area contributed by atoms with Gasteiger partial charge in [-0.25, -0.2) is 0 Å². The molecule has 1 aliphatic heterocycles. The van der Waals surface area contributed by atoms with Crippen molar-refractivity contribution in [3.8, 4) is 17.1 Å². The summed E-state index contributed by atoms with van der Waals surface area (Å²) in [6.07, 6.45) is 2.50. The second-order valence-electron chi connectivity index (χ2n) is 4.66. The zero-order chi connectivity index (χ0) is 13.2. The fraction of sp³-hybridized carbons (Fsp3) is 0.429. The van der Waals surface area contributed by atoms with Crippen LogP contribution in [-0.2, 0) is 11.2 Å². The Morgan fingerprint density at radius 1 is 1.42 bits per heavy atom. The summed E-state index contributed by atoms with van der Waals surface area (Å²) in [7, 11) is 0. The molecule has 2 heterocycles. The van der Waals surface area contributed by atoms with Crippen LogP contribution in [0.25, 0.3) is 11.4 Å². The SMILES string of the molecule is CCc1cc(-c2ncon2)cc(C)c1OC[C@@H]1CO1. The van der Waals surface area contributed by atoms with Crippen LogP contribution in [0.2, 0.25) is 0 Å². The zero-order valence-corrected chi connectivity index (χ0v) is 11.0. The molecule has 0 spiro atoms. The standard InChI is InChI=1S/C14H16N2O3/c1-3-10-5-11(14-15-8-19-16-14)4-9(2)13(10)18-7-12-6-17-12/h4-5,8,12H,3,6-7H2,1-2H3/t12-/m0/s1. The molecule has 0 radical (unpaired) electrons. The van der Waals surface area contributed by atoms with E-state index < -0.39 is 0 Å². The maximum Gasteiger partial charge on any atom is 0.214 e. The lowest BCUT2D eigenvalue weighted by atomic mass is 10.0. The maximum absolute atomic E-state index is 5.87. The first-order valence-corrected chi connectivity index (χ1v) is 6.42. The molecule has 5 heteroatoms. The van der Waals surface area contributed by atoms with Crippen molar-refractivity contribution < 1.29 is 14.0 Å². The van der Waals surface area contributed by atoms with Crippen LogP contribution < -0.4 is 4.74 Å². The van der Waals surface area contributed by atoms with E-state index in [4.69, 9.17) is 14.0 Å². The van der Waals surface area contributed by atoms with Crippen molar-refractivity contribution in [2.45, 2.75) is 26.4 Å². The van der Waals surface area contributed by atoms with Gasteiger partial charge in [0, 0.05) is 5.56 Å². The van der Waals surface area contributed by atoms with Gasteiger partial charge >= 0.3 is 0 Å². The fourth-order valence-electron chi connectivity index (χ4n) is 2.08. The lowest BCUT2D eigenvalue weighted by molar-refractivity contribution is 0.260. The second-order valence-corrected chi connectivity index (χ2v) is 4.66. The Hall–Kier alpha value is -1.88. The number of aromatic nitrogens is 2. The summed E-state index contributed by atoms with van der Waals surface area (Å²) in [6.45, 7) is 5.57. The summed E-state index contributed by atoms with van der Waals surface area (Å²) in [6, 6.07) is 4.08. The number of aryl methyl sites for hydroxylation is 2. The molecule has 2 aromatic rings. The van der Waals surface area contributed by atoms with E-state index >= 15 is 0 Å². The van der Waals surface area contributed by atoms with E-state index in [1.54, 1.807) is 0 Å². The molecule has 0 bridgehead atoms. The number of epoxide rings is 1. The predicted molar refractivity (Wildman–Crippen MR) is 69.1 cm³/mol. The third kappa shape index (κ3) is 2.61. The smallest absolute Gasteiger partial charge is 0.214 e. The third-order valence-corrected chi connectivity index (χ3v) is 3.17. The Morgan fingerprint density at radius 2 is 2.26 bits per heavy atom. The van der Waals surface area contributed by atoms with Crippen molar-refractivity contribution in [1.82, 2.24) is 10.1 Å². The van der Waals surface area contributed by atoms with Crippen molar-refractivity contribution in [2.24, 2.45) is 0 Å². The molecule has 5 nitrogen and oxygen atoms in total. The number of ether oxygens (including phenoxy) is 2. The molecule has 0 amide bonds. The van der Waals surface area contributed by atoms with Gasteiger partial charge in [-0.2, -0.15) is 4.98 Å². The Balaban J connectivity index is 1.91. The van der Waals surface area contributed by atoms with Crippen LogP contribution >= 0.6 is 0 Å². The number of nitrogens with zero attached hydrogens (tertiary/aromatic N) is 2. The first-order valence-electron chi connectivity index (χ1n) is 6.42. The molecule has 100 valence electrons. The summed E-state index contributed by atoms with van der Waals surface area (Å²) in [5.41, 5.74) is 3.19. The first-order chi connectivity index (χ1) is 9.28. The van der Waals surface area contributed by atoms with Gasteiger partial charge in [0.2, 0.25) is 12.2 Å². The molecular weight excluding hydrogens is 244 g/mol. The summed E-state index contributed by atoms with van der Waals surface area (Å²) in [5.74, 6) is 1.56. The minimum absolute atomic E-state index is 0.265. The van der Waals surface area contributed by atoms with Crippen molar-refractivity contribution >= 4 is 0 Å². The molecule has 3 rings (SSSR count). The molecule has 0 aliphatic carbocycles. The maximum atomic E-state index is 5.87. The minimum atomic E-state index is 0.265. The molecule has 1 atom stereocenters. The van der Waals surface area contributed by atoms with Crippen LogP contribution in [0.4, 0.5) is 0 Å². The van der Waals surface area contributed by atoms with Gasteiger partial charge in [-0.1, -0.05) is 12.1 Å². The van der Waals surface area contributed by atoms with E-state index in [1.807, 2.05) is 13.0 Å². The summed E-state index contributed by atoms with van der Waals surface area (Å²) < 4.78 is 15.8. The highest BCUT2D eigenvalue weighted by Gasteiger charge is 2.24. The van der Waals surface area contributed by atoms with Crippen LogP contribution in [0.3, 0.4) is 0 Å². The van der Waals surface area contributed by atoms with Gasteiger partial charge in [0.25, 0.3) is 0 Å². The topological polar surface area (TPSA) is 60.7 Å². The molecule has 0 unspecified atom stereocenters. The van der Waals surface area contributed by atoms with E-state index in [0.29, 0.717) is 12.4 Å². The zero-order valence-electron chi connectivity index (χ0n) is 11.0. The Morgan fingerprint density at radius 3 is 2.89 bits per heavy atom. The normalized spacial score (nSPS) is 17.5. The molecular formula is C14H16N2O3. The quantitative estimate of drug-likeness (QED) is 0.772. The Bertz CT molecular complexity index is 562. The molecule has 1 aromatic heterocycles. The van der Waals surface area contributed by atoms with Crippen molar-refractivity contribution in [3.63, 3.8) is 0 Å². The molecule has 0 saturated carbocycles. The van der Waals surface area contributed by atoms with Crippen LogP contribution in [-0.4, -0.2) is 29.5 Å². The van der Waals surface area contributed by atoms with Crippen LogP contribution in [0.15, 0.2) is 23.0 Å². The van der Waals surface area contributed by atoms with Crippen LogP contribution in [0.5, 0.6) is 5.75 Å². The number of hydrogen-bond acceptors (Lipinski definition) is 5. The molecule has 19 heavy (non-hydrogen) atoms. The van der Waals surface area contributed by atoms with E-state index in [9.17, 15) is 0 Å². The molecule has 1 aliphatic rings. The van der Waals surface area contributed by atoms with Crippen molar-refractivity contribution in [3.05, 3.63) is 29.7 Å². The fourth-order valence-corrected chi connectivity index (χ4v) is 2.08. The lowest BCUT2D eigenvalue weighted by Crippen LogP contribution is -2.07. The number of benzene rings is 1. The van der Waals surface area contributed by atoms with Gasteiger partial charge in [-0.3, -0.25) is 0 Å². The predicted octanol–water partition coefficient (Wildman–Crippen LogP) is 2.39. The highest BCUT2D eigenvalue weighted by molar-refractivity contribution is 5.61. The van der Waals surface area contributed by atoms with Crippen molar-refractivity contribution in [2.75, 3.05) is 13.2 Å². The van der Waals surface area contributed by atoms with Gasteiger partial charge in [-0.15, -0.1) is 0 Å². The van der Waals surface area contributed by atoms with Crippen LogP contribution in [0.1, 0.15) is 18.1 Å². The van der Waals surface area contributed by atoms with Gasteiger partial charge in [0.05, 0.1) is 6.61 Å². The monoisotopic (exact) mass is 260 g/mol. The van der Waals surface area contributed by atoms with Gasteiger partial charge < -0.3 is 14.0 Å². The highest BCUT2D eigenvalue weighted by Crippen LogP contribution is 2.30. The average molecular weight is 260 g/mol. The highest BCUT2D eigenvalue weighted by atomic mass is 16.6. The molecule has 0 N–H and O–H groups in total. The van der Waals surface area contributed by atoms with E-state index in [-0.39, 0.29) is 6.10 Å². The number of rotatable bonds is 5.